The van der Waals surface area contributed by atoms with E-state index in [-0.39, 0.29) is 6.10 Å². The zero-order valence-electron chi connectivity index (χ0n) is 14.4. The van der Waals surface area contributed by atoms with Gasteiger partial charge in [0.1, 0.15) is 6.10 Å². The van der Waals surface area contributed by atoms with Gasteiger partial charge in [0, 0.05) is 17.5 Å². The van der Waals surface area contributed by atoms with Crippen LogP contribution in [0, 0.1) is 11.8 Å². The number of hydrogen-bond acceptors (Lipinski definition) is 1. The number of methoxy groups -OCH3 is 1. The molecule has 0 aromatic carbocycles. The van der Waals surface area contributed by atoms with Gasteiger partial charge in [-0.1, -0.05) is 100 Å². The standard InChI is InChI=1S/C19H35IO/c1-4-6-8-10-12-14-16-18(20)19(21-3)17-15-13-11-9-7-5-2/h18-19H,4-14,16H2,1-3H3/t18-,19+/m0/s1. The third-order valence-corrected chi connectivity index (χ3v) is 5.09. The summed E-state index contributed by atoms with van der Waals surface area (Å²) in [6.07, 6.45) is 15.7. The van der Waals surface area contributed by atoms with Gasteiger partial charge < -0.3 is 4.74 Å². The molecule has 1 nitrogen and oxygen atoms in total. The lowest BCUT2D eigenvalue weighted by Crippen LogP contribution is -2.21. The molecule has 0 spiro atoms. The molecule has 0 saturated carbocycles. The first-order valence-corrected chi connectivity index (χ1v) is 10.2. The Morgan fingerprint density at radius 3 is 2.05 bits per heavy atom. The fourth-order valence-corrected chi connectivity index (χ4v) is 3.29. The van der Waals surface area contributed by atoms with Crippen molar-refractivity contribution in [2.75, 3.05) is 7.11 Å². The summed E-state index contributed by atoms with van der Waals surface area (Å²) in [5.74, 6) is 6.64. The van der Waals surface area contributed by atoms with E-state index >= 15 is 0 Å². The van der Waals surface area contributed by atoms with Gasteiger partial charge >= 0.3 is 0 Å². The monoisotopic (exact) mass is 406 g/mol. The molecule has 0 aliphatic carbocycles. The molecular weight excluding hydrogens is 371 g/mol. The van der Waals surface area contributed by atoms with E-state index in [0.29, 0.717) is 3.92 Å². The first-order chi connectivity index (χ1) is 10.3. The molecule has 0 rings (SSSR count). The van der Waals surface area contributed by atoms with Gasteiger partial charge in [0.05, 0.1) is 0 Å². The van der Waals surface area contributed by atoms with Crippen LogP contribution >= 0.6 is 22.6 Å². The van der Waals surface area contributed by atoms with Crippen LogP contribution in [0.3, 0.4) is 0 Å². The normalized spacial score (nSPS) is 13.5. The first kappa shape index (κ1) is 21.2. The molecule has 0 saturated heterocycles. The Bertz CT molecular complexity index is 266. The van der Waals surface area contributed by atoms with Gasteiger partial charge in [-0.05, 0) is 12.8 Å². The van der Waals surface area contributed by atoms with Crippen LogP contribution in [0.2, 0.25) is 0 Å². The summed E-state index contributed by atoms with van der Waals surface area (Å²) < 4.78 is 6.08. The van der Waals surface area contributed by atoms with Gasteiger partial charge in [0.2, 0.25) is 0 Å². The van der Waals surface area contributed by atoms with Crippen LogP contribution in [0.1, 0.15) is 90.9 Å². The predicted octanol–water partition coefficient (Wildman–Crippen LogP) is 6.53. The largest absolute Gasteiger partial charge is 0.368 e. The Labute approximate surface area is 147 Å². The predicted molar refractivity (Wildman–Crippen MR) is 103 cm³/mol. The number of alkyl halides is 1. The second kappa shape index (κ2) is 16.6. The molecule has 0 heterocycles. The van der Waals surface area contributed by atoms with Crippen LogP contribution < -0.4 is 0 Å². The van der Waals surface area contributed by atoms with Crippen LogP contribution in [0.25, 0.3) is 0 Å². The third-order valence-electron chi connectivity index (χ3n) is 3.82. The fraction of sp³-hybridized carbons (Fsp3) is 0.895. The molecule has 0 fully saturated rings. The third kappa shape index (κ3) is 13.6. The molecule has 0 unspecified atom stereocenters. The molecule has 0 N–H and O–H groups in total. The summed E-state index contributed by atoms with van der Waals surface area (Å²) in [5, 5.41) is 0. The van der Waals surface area contributed by atoms with Crippen molar-refractivity contribution < 1.29 is 4.74 Å². The van der Waals surface area contributed by atoms with Crippen LogP contribution in [-0.2, 0) is 4.74 Å². The summed E-state index contributed by atoms with van der Waals surface area (Å²) in [5.41, 5.74) is 0. The van der Waals surface area contributed by atoms with Crippen molar-refractivity contribution in [2.45, 2.75) is 101 Å². The second-order valence-corrected chi connectivity index (χ2v) is 7.46. The van der Waals surface area contributed by atoms with Crippen molar-refractivity contribution in [3.8, 4) is 11.8 Å². The highest BCUT2D eigenvalue weighted by molar-refractivity contribution is 14.1. The zero-order valence-corrected chi connectivity index (χ0v) is 16.6. The lowest BCUT2D eigenvalue weighted by Gasteiger charge is -2.16. The maximum absolute atomic E-state index is 5.55. The molecule has 124 valence electrons. The van der Waals surface area contributed by atoms with Crippen molar-refractivity contribution in [3.63, 3.8) is 0 Å². The summed E-state index contributed by atoms with van der Waals surface area (Å²) >= 11 is 2.52. The summed E-state index contributed by atoms with van der Waals surface area (Å²) in [4.78, 5) is 0. The summed E-state index contributed by atoms with van der Waals surface area (Å²) in [6.45, 7) is 4.51. The Kier molecular flexibility index (Phi) is 16.8. The maximum atomic E-state index is 5.55. The van der Waals surface area contributed by atoms with E-state index < -0.39 is 0 Å². The summed E-state index contributed by atoms with van der Waals surface area (Å²) in [6, 6.07) is 0. The van der Waals surface area contributed by atoms with Gasteiger partial charge in [0.15, 0.2) is 0 Å². The topological polar surface area (TPSA) is 9.23 Å². The van der Waals surface area contributed by atoms with E-state index in [1.165, 1.54) is 70.6 Å². The minimum absolute atomic E-state index is 0.118. The van der Waals surface area contributed by atoms with E-state index in [1.54, 1.807) is 7.11 Å². The van der Waals surface area contributed by atoms with Crippen molar-refractivity contribution >= 4 is 22.6 Å². The van der Waals surface area contributed by atoms with Gasteiger partial charge in [-0.2, -0.15) is 0 Å². The maximum Gasteiger partial charge on any atom is 0.129 e. The van der Waals surface area contributed by atoms with Gasteiger partial charge in [0.25, 0.3) is 0 Å². The lowest BCUT2D eigenvalue weighted by molar-refractivity contribution is 0.146. The van der Waals surface area contributed by atoms with E-state index in [9.17, 15) is 0 Å². The highest BCUT2D eigenvalue weighted by Crippen LogP contribution is 2.18. The van der Waals surface area contributed by atoms with E-state index in [1.807, 2.05) is 0 Å². The molecule has 0 radical (unpaired) electrons. The molecule has 0 aromatic rings. The molecule has 21 heavy (non-hydrogen) atoms. The van der Waals surface area contributed by atoms with E-state index in [4.69, 9.17) is 4.74 Å². The van der Waals surface area contributed by atoms with Crippen molar-refractivity contribution in [3.05, 3.63) is 0 Å². The number of rotatable bonds is 13. The number of hydrogen-bond donors (Lipinski definition) is 0. The smallest absolute Gasteiger partial charge is 0.129 e. The van der Waals surface area contributed by atoms with Crippen LogP contribution in [0.5, 0.6) is 0 Å². The highest BCUT2D eigenvalue weighted by Gasteiger charge is 2.15. The lowest BCUT2D eigenvalue weighted by atomic mass is 10.1. The van der Waals surface area contributed by atoms with Crippen LogP contribution in [-0.4, -0.2) is 17.1 Å². The van der Waals surface area contributed by atoms with Crippen molar-refractivity contribution in [1.29, 1.82) is 0 Å². The zero-order chi connectivity index (χ0) is 15.8. The quantitative estimate of drug-likeness (QED) is 0.146. The molecule has 0 bridgehead atoms. The average Bonchev–Trinajstić information content (AvgIpc) is 2.50. The highest BCUT2D eigenvalue weighted by atomic mass is 127. The fourth-order valence-electron chi connectivity index (χ4n) is 2.38. The number of halogens is 1. The Hall–Kier alpha value is 0.250. The van der Waals surface area contributed by atoms with Gasteiger partial charge in [-0.25, -0.2) is 0 Å². The molecule has 0 aliphatic rings. The van der Waals surface area contributed by atoms with Crippen molar-refractivity contribution in [2.24, 2.45) is 0 Å². The molecule has 2 heteroatoms. The van der Waals surface area contributed by atoms with E-state index in [0.717, 1.165) is 6.42 Å². The molecule has 2 atom stereocenters. The molecule has 0 aromatic heterocycles. The SMILES string of the molecule is CCCCCCC#C[C@@H](OC)[C@@H](I)CCCCCCCC. The van der Waals surface area contributed by atoms with Gasteiger partial charge in [-0.15, -0.1) is 5.92 Å². The van der Waals surface area contributed by atoms with Crippen molar-refractivity contribution in [1.82, 2.24) is 0 Å². The summed E-state index contributed by atoms with van der Waals surface area (Å²) in [7, 11) is 1.79. The van der Waals surface area contributed by atoms with Crippen LogP contribution in [0.4, 0.5) is 0 Å². The Morgan fingerprint density at radius 1 is 0.857 bits per heavy atom. The Balaban J connectivity index is 3.75. The number of ether oxygens (including phenoxy) is 1. The molecular formula is C19H35IO. The molecule has 0 amide bonds. The van der Waals surface area contributed by atoms with E-state index in [2.05, 4.69) is 48.3 Å². The average molecular weight is 406 g/mol. The Morgan fingerprint density at radius 2 is 1.43 bits per heavy atom. The second-order valence-electron chi connectivity index (χ2n) is 5.86. The first-order valence-electron chi connectivity index (χ1n) is 8.91. The minimum Gasteiger partial charge on any atom is -0.368 e. The molecule has 0 aliphatic heterocycles. The minimum atomic E-state index is 0.118. The van der Waals surface area contributed by atoms with Crippen LogP contribution in [0.15, 0.2) is 0 Å². The number of unbranched alkanes of at least 4 members (excludes halogenated alkanes) is 9. The van der Waals surface area contributed by atoms with Gasteiger partial charge in [-0.3, -0.25) is 0 Å².